The summed E-state index contributed by atoms with van der Waals surface area (Å²) in [5.74, 6) is -0.764. The van der Waals surface area contributed by atoms with Crippen molar-refractivity contribution in [2.45, 2.75) is 33.1 Å². The van der Waals surface area contributed by atoms with Crippen molar-refractivity contribution in [2.75, 3.05) is 6.54 Å². The predicted molar refractivity (Wildman–Crippen MR) is 58.5 cm³/mol. The molecule has 0 aromatic rings. The molecule has 15 heavy (non-hydrogen) atoms. The third kappa shape index (κ3) is 10.6. The lowest BCUT2D eigenvalue weighted by Crippen LogP contribution is -2.22. The Bertz CT molecular complexity index is 234. The van der Waals surface area contributed by atoms with E-state index < -0.39 is 5.97 Å². The molecule has 0 saturated heterocycles. The molecule has 0 aliphatic rings. The molecule has 0 atom stereocenters. The van der Waals surface area contributed by atoms with Gasteiger partial charge in [-0.1, -0.05) is 26.7 Å². The molecule has 0 aliphatic carbocycles. The van der Waals surface area contributed by atoms with Gasteiger partial charge >= 0.3 is 5.97 Å². The molecule has 0 aromatic heterocycles. The maximum absolute atomic E-state index is 11.0. The van der Waals surface area contributed by atoms with E-state index in [1.54, 1.807) is 0 Å². The second kappa shape index (κ2) is 8.03. The molecule has 0 unspecified atom stereocenters. The lowest BCUT2D eigenvalue weighted by atomic mass is 10.1. The zero-order chi connectivity index (χ0) is 11.7. The highest BCUT2D eigenvalue weighted by atomic mass is 16.4. The molecule has 0 aliphatic heterocycles. The van der Waals surface area contributed by atoms with Crippen molar-refractivity contribution in [2.24, 2.45) is 5.92 Å². The molecule has 1 amide bonds. The molecule has 0 fully saturated rings. The highest BCUT2D eigenvalue weighted by molar-refractivity contribution is 5.93. The van der Waals surface area contributed by atoms with Crippen molar-refractivity contribution in [3.8, 4) is 0 Å². The van der Waals surface area contributed by atoms with E-state index >= 15 is 0 Å². The normalized spacial score (nSPS) is 10.9. The average molecular weight is 213 g/mol. The number of rotatable bonds is 7. The molecule has 0 heterocycles. The first-order chi connectivity index (χ1) is 7.02. The van der Waals surface area contributed by atoms with Crippen LogP contribution in [0.1, 0.15) is 33.1 Å². The van der Waals surface area contributed by atoms with Crippen LogP contribution in [0.2, 0.25) is 0 Å². The Morgan fingerprint density at radius 2 is 1.93 bits per heavy atom. The van der Waals surface area contributed by atoms with Crippen LogP contribution in [0, 0.1) is 5.92 Å². The minimum Gasteiger partial charge on any atom is -0.478 e. The van der Waals surface area contributed by atoms with Crippen LogP contribution in [0.4, 0.5) is 0 Å². The van der Waals surface area contributed by atoms with E-state index in [-0.39, 0.29) is 5.91 Å². The van der Waals surface area contributed by atoms with E-state index in [0.717, 1.165) is 31.4 Å². The monoisotopic (exact) mass is 213 g/mol. The number of hydrogen-bond acceptors (Lipinski definition) is 2. The first-order valence-electron chi connectivity index (χ1n) is 5.21. The maximum atomic E-state index is 11.0. The Balaban J connectivity index is 3.43. The topological polar surface area (TPSA) is 66.4 Å². The van der Waals surface area contributed by atoms with Gasteiger partial charge in [-0.3, -0.25) is 4.79 Å². The first-order valence-corrected chi connectivity index (χ1v) is 5.21. The largest absolute Gasteiger partial charge is 0.478 e. The van der Waals surface area contributed by atoms with Gasteiger partial charge in [-0.15, -0.1) is 0 Å². The molecule has 4 heteroatoms. The smallest absolute Gasteiger partial charge is 0.328 e. The molecule has 0 saturated carbocycles. The molecular weight excluding hydrogens is 194 g/mol. The molecule has 0 aromatic carbocycles. The van der Waals surface area contributed by atoms with Crippen LogP contribution < -0.4 is 5.32 Å². The number of aliphatic carboxylic acids is 1. The lowest BCUT2D eigenvalue weighted by molar-refractivity contribution is -0.131. The van der Waals surface area contributed by atoms with E-state index in [1.165, 1.54) is 0 Å². The van der Waals surface area contributed by atoms with Gasteiger partial charge in [0.1, 0.15) is 0 Å². The second-order valence-corrected chi connectivity index (χ2v) is 3.85. The van der Waals surface area contributed by atoms with Crippen molar-refractivity contribution < 1.29 is 14.7 Å². The van der Waals surface area contributed by atoms with Gasteiger partial charge in [-0.05, 0) is 12.3 Å². The molecule has 0 rings (SSSR count). The first kappa shape index (κ1) is 13.7. The van der Waals surface area contributed by atoms with Gasteiger partial charge < -0.3 is 10.4 Å². The summed E-state index contributed by atoms with van der Waals surface area (Å²) in [7, 11) is 0. The van der Waals surface area contributed by atoms with E-state index in [1.807, 2.05) is 0 Å². The SMILES string of the molecule is CC(C)CCCCNC(=O)/C=C/C(=O)O. The molecule has 4 nitrogen and oxygen atoms in total. The van der Waals surface area contributed by atoms with E-state index in [2.05, 4.69) is 19.2 Å². The summed E-state index contributed by atoms with van der Waals surface area (Å²) in [6.07, 6.45) is 5.04. The van der Waals surface area contributed by atoms with Crippen LogP contribution in [-0.2, 0) is 9.59 Å². The Morgan fingerprint density at radius 3 is 2.47 bits per heavy atom. The number of carbonyl (C=O) groups is 2. The average Bonchev–Trinajstić information content (AvgIpc) is 2.13. The molecule has 0 bridgehead atoms. The number of unbranched alkanes of at least 4 members (excludes halogenated alkanes) is 1. The summed E-state index contributed by atoms with van der Waals surface area (Å²) in [5.41, 5.74) is 0. The maximum Gasteiger partial charge on any atom is 0.328 e. The summed E-state index contributed by atoms with van der Waals surface area (Å²) < 4.78 is 0. The lowest BCUT2D eigenvalue weighted by Gasteiger charge is -2.04. The fourth-order valence-corrected chi connectivity index (χ4v) is 1.10. The highest BCUT2D eigenvalue weighted by Crippen LogP contribution is 2.04. The van der Waals surface area contributed by atoms with E-state index in [4.69, 9.17) is 5.11 Å². The molecule has 0 spiro atoms. The van der Waals surface area contributed by atoms with Crippen molar-refractivity contribution >= 4 is 11.9 Å². The Hall–Kier alpha value is -1.32. The molecule has 86 valence electrons. The number of amides is 1. The third-order valence-electron chi connectivity index (χ3n) is 1.88. The van der Waals surface area contributed by atoms with Gasteiger partial charge in [0.25, 0.3) is 0 Å². The van der Waals surface area contributed by atoms with Crippen molar-refractivity contribution in [3.05, 3.63) is 12.2 Å². The summed E-state index contributed by atoms with van der Waals surface area (Å²) in [5, 5.41) is 10.9. The van der Waals surface area contributed by atoms with Crippen LogP contribution in [0.3, 0.4) is 0 Å². The van der Waals surface area contributed by atoms with Crippen molar-refractivity contribution in [3.63, 3.8) is 0 Å². The van der Waals surface area contributed by atoms with Gasteiger partial charge in [0, 0.05) is 18.7 Å². The molecule has 2 N–H and O–H groups in total. The van der Waals surface area contributed by atoms with Crippen LogP contribution in [0.25, 0.3) is 0 Å². The summed E-state index contributed by atoms with van der Waals surface area (Å²) in [6.45, 7) is 4.93. The number of hydrogen-bond donors (Lipinski definition) is 2. The van der Waals surface area contributed by atoms with Crippen molar-refractivity contribution in [1.82, 2.24) is 5.32 Å². The van der Waals surface area contributed by atoms with Gasteiger partial charge in [-0.2, -0.15) is 0 Å². The Labute approximate surface area is 90.4 Å². The predicted octanol–water partition coefficient (Wildman–Crippen LogP) is 1.57. The van der Waals surface area contributed by atoms with Crippen molar-refractivity contribution in [1.29, 1.82) is 0 Å². The van der Waals surface area contributed by atoms with Gasteiger partial charge in [-0.25, -0.2) is 4.79 Å². The number of carbonyl (C=O) groups excluding carboxylic acids is 1. The fourth-order valence-electron chi connectivity index (χ4n) is 1.10. The standard InChI is InChI=1S/C11H19NO3/c1-9(2)5-3-4-8-12-10(13)6-7-11(14)15/h6-7,9H,3-5,8H2,1-2H3,(H,12,13)(H,14,15)/b7-6+. The van der Waals surface area contributed by atoms with Crippen LogP contribution in [0.5, 0.6) is 0 Å². The summed E-state index contributed by atoms with van der Waals surface area (Å²) in [6, 6.07) is 0. The van der Waals surface area contributed by atoms with Gasteiger partial charge in [0.05, 0.1) is 0 Å². The number of nitrogens with one attached hydrogen (secondary N) is 1. The zero-order valence-electron chi connectivity index (χ0n) is 9.32. The van der Waals surface area contributed by atoms with Crippen LogP contribution in [-0.4, -0.2) is 23.5 Å². The summed E-state index contributed by atoms with van der Waals surface area (Å²) >= 11 is 0. The van der Waals surface area contributed by atoms with Crippen LogP contribution >= 0.6 is 0 Å². The Morgan fingerprint density at radius 1 is 1.27 bits per heavy atom. The molecule has 0 radical (unpaired) electrons. The minimum atomic E-state index is -1.11. The highest BCUT2D eigenvalue weighted by Gasteiger charge is 1.97. The number of carboxylic acids is 1. The van der Waals surface area contributed by atoms with E-state index in [9.17, 15) is 9.59 Å². The quantitative estimate of drug-likeness (QED) is 0.498. The number of carboxylic acid groups (broad SMARTS) is 1. The zero-order valence-corrected chi connectivity index (χ0v) is 9.32. The second-order valence-electron chi connectivity index (χ2n) is 3.85. The van der Waals surface area contributed by atoms with Gasteiger partial charge in [0.2, 0.25) is 5.91 Å². The van der Waals surface area contributed by atoms with E-state index in [0.29, 0.717) is 12.5 Å². The molecular formula is C11H19NO3. The fraction of sp³-hybridized carbons (Fsp3) is 0.636. The minimum absolute atomic E-state index is 0.345. The summed E-state index contributed by atoms with van der Waals surface area (Å²) in [4.78, 5) is 21.1. The Kier molecular flexibility index (Phi) is 7.32. The third-order valence-corrected chi connectivity index (χ3v) is 1.88. The van der Waals surface area contributed by atoms with Crippen LogP contribution in [0.15, 0.2) is 12.2 Å². The van der Waals surface area contributed by atoms with Gasteiger partial charge in [0.15, 0.2) is 0 Å².